The van der Waals surface area contributed by atoms with Gasteiger partial charge in [0.15, 0.2) is 5.17 Å². The highest BCUT2D eigenvalue weighted by molar-refractivity contribution is 8.15. The largest absolute Gasteiger partial charge is 0.573 e. The highest BCUT2D eigenvalue weighted by Crippen LogP contribution is 2.33. The summed E-state index contributed by atoms with van der Waals surface area (Å²) in [5.74, 6) is -0.0400. The van der Waals surface area contributed by atoms with E-state index in [1.165, 1.54) is 28.6 Å². The molecule has 226 valence electrons. The molecule has 0 spiro atoms. The minimum atomic E-state index is -4.81. The molecule has 3 aromatic carbocycles. The average Bonchev–Trinajstić information content (AvgIpc) is 3.54. The molecule has 0 atom stereocenters. The second-order valence-electron chi connectivity index (χ2n) is 10.0. The Balaban J connectivity index is 1.25. The number of nitrogens with zero attached hydrogens (tertiary/aromatic N) is 5. The number of carbonyl (C=O) groups excluding carboxylic acids is 2. The van der Waals surface area contributed by atoms with Crippen molar-refractivity contribution < 1.29 is 27.5 Å². The van der Waals surface area contributed by atoms with Crippen LogP contribution < -0.4 is 15.0 Å². The van der Waals surface area contributed by atoms with Gasteiger partial charge in [-0.2, -0.15) is 10.2 Å². The van der Waals surface area contributed by atoms with Crippen LogP contribution in [0.2, 0.25) is 0 Å². The Kier molecular flexibility index (Phi) is 8.86. The van der Waals surface area contributed by atoms with Crippen LogP contribution >= 0.6 is 11.8 Å². The molecule has 4 aromatic rings. The molecule has 1 aliphatic heterocycles. The van der Waals surface area contributed by atoms with Gasteiger partial charge in [0.25, 0.3) is 5.91 Å². The van der Waals surface area contributed by atoms with Gasteiger partial charge in [-0.05, 0) is 47.4 Å². The monoisotopic (exact) mass is 620 g/mol. The predicted molar refractivity (Wildman–Crippen MR) is 165 cm³/mol. The van der Waals surface area contributed by atoms with E-state index in [2.05, 4.69) is 39.2 Å². The molecule has 2 heterocycles. The summed E-state index contributed by atoms with van der Waals surface area (Å²) in [6, 6.07) is 21.5. The molecule has 44 heavy (non-hydrogen) atoms. The van der Waals surface area contributed by atoms with Crippen LogP contribution in [0.15, 0.2) is 89.1 Å². The predicted octanol–water partition coefficient (Wildman–Crippen LogP) is 6.83. The number of amidine groups is 1. The Morgan fingerprint density at radius 3 is 2.45 bits per heavy atom. The first-order chi connectivity index (χ1) is 21.0. The third-order valence-corrected chi connectivity index (χ3v) is 7.51. The molecule has 1 aliphatic rings. The van der Waals surface area contributed by atoms with Crippen molar-refractivity contribution in [2.24, 2.45) is 17.3 Å². The zero-order valence-corrected chi connectivity index (χ0v) is 24.7. The molecule has 1 N–H and O–H groups in total. The number of alkyl halides is 3. The number of aromatic nitrogens is 2. The zero-order valence-electron chi connectivity index (χ0n) is 23.9. The lowest BCUT2D eigenvalue weighted by Gasteiger charge is -2.20. The molecule has 0 bridgehead atoms. The lowest BCUT2D eigenvalue weighted by atomic mass is 10.0. The summed E-state index contributed by atoms with van der Waals surface area (Å²) in [5.41, 5.74) is 4.19. The van der Waals surface area contributed by atoms with Crippen molar-refractivity contribution in [1.29, 1.82) is 0 Å². The minimum absolute atomic E-state index is 0.0410. The Bertz CT molecular complexity index is 1730. The standard InChI is InChI=1S/C31H27F3N6O3S/c1-19(2)24-6-4-5-7-26(24)40-28(41)18-44-30(40)37-35-17-20-8-10-21(11-9-20)25-16-27(39(3)38-25)36-29(42)22-12-14-23(15-13-22)43-31(32,33)34/h4-17,19H,18H2,1-3H3,(H,36,42)/b35-17+,37-30-. The van der Waals surface area contributed by atoms with Crippen molar-refractivity contribution in [3.63, 3.8) is 0 Å². The van der Waals surface area contributed by atoms with Gasteiger partial charge in [-0.3, -0.25) is 19.2 Å². The number of para-hydroxylation sites is 1. The van der Waals surface area contributed by atoms with E-state index in [0.717, 1.165) is 34.5 Å². The summed E-state index contributed by atoms with van der Waals surface area (Å²) in [7, 11) is 1.66. The maximum Gasteiger partial charge on any atom is 0.573 e. The number of thioether (sulfide) groups is 1. The van der Waals surface area contributed by atoms with Crippen molar-refractivity contribution in [3.8, 4) is 17.0 Å². The normalized spacial score (nSPS) is 14.7. The first-order valence-electron chi connectivity index (χ1n) is 13.5. The van der Waals surface area contributed by atoms with E-state index in [4.69, 9.17) is 0 Å². The Morgan fingerprint density at radius 1 is 1.07 bits per heavy atom. The van der Waals surface area contributed by atoms with Crippen LogP contribution in [0.5, 0.6) is 5.75 Å². The van der Waals surface area contributed by atoms with E-state index in [-0.39, 0.29) is 17.4 Å². The third-order valence-electron chi connectivity index (χ3n) is 6.59. The highest BCUT2D eigenvalue weighted by atomic mass is 32.2. The molecule has 1 fully saturated rings. The lowest BCUT2D eigenvalue weighted by molar-refractivity contribution is -0.274. The van der Waals surface area contributed by atoms with Crippen LogP contribution in [0.4, 0.5) is 24.7 Å². The molecule has 0 aliphatic carbocycles. The second kappa shape index (κ2) is 12.8. The first-order valence-corrected chi connectivity index (χ1v) is 14.4. The number of hydrogen-bond donors (Lipinski definition) is 1. The molecule has 1 aromatic heterocycles. The molecule has 9 nitrogen and oxygen atoms in total. The first kappa shape index (κ1) is 30.5. The highest BCUT2D eigenvalue weighted by Gasteiger charge is 2.32. The Labute approximate surface area is 255 Å². The third kappa shape index (κ3) is 7.17. The molecular weight excluding hydrogens is 593 g/mol. The van der Waals surface area contributed by atoms with Gasteiger partial charge >= 0.3 is 6.36 Å². The van der Waals surface area contributed by atoms with Crippen LogP contribution in [0.25, 0.3) is 11.3 Å². The number of benzene rings is 3. The molecule has 1 saturated heterocycles. The fourth-order valence-corrected chi connectivity index (χ4v) is 5.27. The van der Waals surface area contributed by atoms with Crippen LogP contribution in [-0.4, -0.2) is 45.1 Å². The maximum atomic E-state index is 12.7. The van der Waals surface area contributed by atoms with Crippen LogP contribution in [0, 0.1) is 0 Å². The second-order valence-corrected chi connectivity index (χ2v) is 11.0. The topological polar surface area (TPSA) is 101 Å². The van der Waals surface area contributed by atoms with Gasteiger partial charge in [0, 0.05) is 24.2 Å². The summed E-state index contributed by atoms with van der Waals surface area (Å²) in [6.45, 7) is 4.16. The number of carbonyl (C=O) groups is 2. The molecular formula is C31H27F3N6O3S. The summed E-state index contributed by atoms with van der Waals surface area (Å²) in [6.07, 6.45) is -3.21. The molecule has 0 unspecified atom stereocenters. The number of rotatable bonds is 8. The summed E-state index contributed by atoms with van der Waals surface area (Å²) < 4.78 is 42.5. The van der Waals surface area contributed by atoms with Gasteiger partial charge in [-0.15, -0.1) is 18.3 Å². The van der Waals surface area contributed by atoms with Crippen molar-refractivity contribution in [1.82, 2.24) is 9.78 Å². The molecule has 5 rings (SSSR count). The maximum absolute atomic E-state index is 12.7. The average molecular weight is 621 g/mol. The molecule has 0 radical (unpaired) electrons. The fourth-order valence-electron chi connectivity index (χ4n) is 4.46. The van der Waals surface area contributed by atoms with Gasteiger partial charge in [0.2, 0.25) is 5.91 Å². The van der Waals surface area contributed by atoms with Crippen molar-refractivity contribution in [2.75, 3.05) is 16.0 Å². The van der Waals surface area contributed by atoms with Gasteiger partial charge in [-0.1, -0.05) is 68.1 Å². The smallest absolute Gasteiger partial charge is 0.406 e. The van der Waals surface area contributed by atoms with Crippen molar-refractivity contribution in [2.45, 2.75) is 26.1 Å². The number of aryl methyl sites for hydroxylation is 1. The van der Waals surface area contributed by atoms with Crippen LogP contribution in [0.3, 0.4) is 0 Å². The van der Waals surface area contributed by atoms with E-state index >= 15 is 0 Å². The SMILES string of the molecule is CC(C)c1ccccc1N1C(=O)CS/C1=N\N=C\c1ccc(-c2cc(NC(=O)c3ccc(OC(F)(F)F)cc3)n(C)n2)cc1. The zero-order chi connectivity index (χ0) is 31.4. The number of hydrogen-bond acceptors (Lipinski definition) is 7. The number of nitrogens with one attached hydrogen (secondary N) is 1. The van der Waals surface area contributed by atoms with Gasteiger partial charge in [0.05, 0.1) is 23.3 Å². The number of anilines is 2. The van der Waals surface area contributed by atoms with Crippen molar-refractivity contribution >= 4 is 46.5 Å². The summed E-state index contributed by atoms with van der Waals surface area (Å²) >= 11 is 1.34. The lowest BCUT2D eigenvalue weighted by Crippen LogP contribution is -2.30. The summed E-state index contributed by atoms with van der Waals surface area (Å²) in [4.78, 5) is 26.9. The van der Waals surface area contributed by atoms with E-state index in [9.17, 15) is 22.8 Å². The quantitative estimate of drug-likeness (QED) is 0.172. The number of amides is 2. The van der Waals surface area contributed by atoms with Gasteiger partial charge in [0.1, 0.15) is 11.6 Å². The van der Waals surface area contributed by atoms with E-state index in [1.807, 2.05) is 48.5 Å². The van der Waals surface area contributed by atoms with E-state index < -0.39 is 18.0 Å². The van der Waals surface area contributed by atoms with E-state index in [1.54, 1.807) is 24.2 Å². The number of halogens is 3. The Morgan fingerprint density at radius 2 is 1.77 bits per heavy atom. The number of ether oxygens (including phenoxy) is 1. The summed E-state index contributed by atoms with van der Waals surface area (Å²) in [5, 5.41) is 16.2. The Hall–Kier alpha value is -4.91. The van der Waals surface area contributed by atoms with Gasteiger partial charge in [-0.25, -0.2) is 0 Å². The fraction of sp³-hybridized carbons (Fsp3) is 0.194. The molecule has 13 heteroatoms. The molecule has 2 amide bonds. The van der Waals surface area contributed by atoms with E-state index in [0.29, 0.717) is 22.4 Å². The van der Waals surface area contributed by atoms with Crippen LogP contribution in [-0.2, 0) is 11.8 Å². The minimum Gasteiger partial charge on any atom is -0.406 e. The van der Waals surface area contributed by atoms with Crippen LogP contribution in [0.1, 0.15) is 41.3 Å². The van der Waals surface area contributed by atoms with Crippen molar-refractivity contribution in [3.05, 3.63) is 95.6 Å². The molecule has 0 saturated carbocycles. The van der Waals surface area contributed by atoms with Gasteiger partial charge < -0.3 is 10.1 Å².